The van der Waals surface area contributed by atoms with Crippen molar-refractivity contribution in [3.63, 3.8) is 0 Å². The molecule has 0 aromatic rings. The summed E-state index contributed by atoms with van der Waals surface area (Å²) in [6, 6.07) is 0. The largest absolute Gasteiger partial charge is 0.395 e. The Morgan fingerprint density at radius 1 is 1.56 bits per heavy atom. The summed E-state index contributed by atoms with van der Waals surface area (Å²) in [5, 5.41) is 10.7. The van der Waals surface area contributed by atoms with Crippen molar-refractivity contribution in [2.75, 3.05) is 13.2 Å². The van der Waals surface area contributed by atoms with Crippen molar-refractivity contribution < 1.29 is 9.50 Å². The Morgan fingerprint density at radius 3 is 2.11 bits per heavy atom. The van der Waals surface area contributed by atoms with E-state index in [1.807, 2.05) is 0 Å². The Bertz CT molecular complexity index is 64.5. The van der Waals surface area contributed by atoms with E-state index in [2.05, 4.69) is 5.32 Å². The molecule has 0 aromatic carbocycles. The van der Waals surface area contributed by atoms with Gasteiger partial charge in [-0.25, -0.2) is 4.39 Å². The van der Waals surface area contributed by atoms with E-state index in [4.69, 9.17) is 5.11 Å². The van der Waals surface area contributed by atoms with Gasteiger partial charge in [0.1, 0.15) is 0 Å². The second-order valence-corrected chi connectivity index (χ2v) is 2.12. The van der Waals surface area contributed by atoms with Crippen LogP contribution in [-0.4, -0.2) is 24.1 Å². The van der Waals surface area contributed by atoms with Gasteiger partial charge in [0.25, 0.3) is 0 Å². The first-order chi connectivity index (χ1) is 3.56. The fraction of sp³-hybridized carbons (Fsp3) is 1.00. The molecule has 0 aliphatic rings. The lowest BCUT2D eigenvalue weighted by atomic mass is 10.3. The molecule has 0 rings (SSSR count). The number of halogens is 2. The third kappa shape index (κ3) is 11.6. The van der Waals surface area contributed by atoms with Gasteiger partial charge in [-0.1, -0.05) is 0 Å². The highest BCUT2D eigenvalue weighted by Gasteiger charge is 2.11. The maximum atomic E-state index is 12.4. The third-order valence-electron chi connectivity index (χ3n) is 0.657. The topological polar surface area (TPSA) is 32.3 Å². The molecule has 0 spiro atoms. The predicted molar refractivity (Wildman–Crippen MR) is 37.5 cm³/mol. The molecule has 0 saturated heterocycles. The molecule has 0 fully saturated rings. The molecule has 0 heterocycles. The quantitative estimate of drug-likeness (QED) is 0.591. The van der Waals surface area contributed by atoms with E-state index in [1.165, 1.54) is 13.8 Å². The molecule has 0 atom stereocenters. The van der Waals surface area contributed by atoms with E-state index in [9.17, 15) is 4.39 Å². The SMILES string of the molecule is CC(C)(F)NCCO.Cl. The predicted octanol–water partition coefficient (Wildman–Crippen LogP) is 0.696. The van der Waals surface area contributed by atoms with Crippen LogP contribution in [0.15, 0.2) is 0 Å². The van der Waals surface area contributed by atoms with E-state index >= 15 is 0 Å². The molecule has 0 amide bonds. The average Bonchev–Trinajstić information content (AvgIpc) is 1.59. The van der Waals surface area contributed by atoms with Crippen molar-refractivity contribution in [2.24, 2.45) is 0 Å². The highest BCUT2D eigenvalue weighted by molar-refractivity contribution is 5.85. The summed E-state index contributed by atoms with van der Waals surface area (Å²) in [6.07, 6.45) is 0. The smallest absolute Gasteiger partial charge is 0.156 e. The lowest BCUT2D eigenvalue weighted by Gasteiger charge is -2.14. The normalized spacial score (nSPS) is 10.7. The van der Waals surface area contributed by atoms with E-state index in [-0.39, 0.29) is 19.0 Å². The molecule has 58 valence electrons. The number of rotatable bonds is 3. The van der Waals surface area contributed by atoms with Gasteiger partial charge in [-0.2, -0.15) is 0 Å². The van der Waals surface area contributed by atoms with Gasteiger partial charge in [-0.05, 0) is 13.8 Å². The second kappa shape index (κ2) is 4.97. The summed E-state index contributed by atoms with van der Waals surface area (Å²) in [6.45, 7) is 3.10. The zero-order valence-electron chi connectivity index (χ0n) is 5.65. The Hall–Kier alpha value is 0.140. The van der Waals surface area contributed by atoms with Gasteiger partial charge in [-0.3, -0.25) is 5.32 Å². The lowest BCUT2D eigenvalue weighted by Crippen LogP contribution is -2.36. The fourth-order valence-electron chi connectivity index (χ4n) is 0.353. The zero-order chi connectivity index (χ0) is 6.62. The first-order valence-corrected chi connectivity index (χ1v) is 2.61. The number of alkyl halides is 1. The van der Waals surface area contributed by atoms with E-state index in [0.29, 0.717) is 6.54 Å². The summed E-state index contributed by atoms with van der Waals surface area (Å²) in [7, 11) is 0. The van der Waals surface area contributed by atoms with E-state index in [1.54, 1.807) is 0 Å². The molecule has 0 bridgehead atoms. The number of aliphatic hydroxyl groups is 1. The molecule has 2 N–H and O–H groups in total. The van der Waals surface area contributed by atoms with Gasteiger partial charge in [0.05, 0.1) is 6.61 Å². The van der Waals surface area contributed by atoms with Gasteiger partial charge >= 0.3 is 0 Å². The molecular formula is C5H13ClFNO. The van der Waals surface area contributed by atoms with Crippen LogP contribution in [0.1, 0.15) is 13.8 Å². The van der Waals surface area contributed by atoms with Crippen LogP contribution in [0.5, 0.6) is 0 Å². The maximum absolute atomic E-state index is 12.4. The molecule has 0 radical (unpaired) electrons. The van der Waals surface area contributed by atoms with Gasteiger partial charge in [0, 0.05) is 6.54 Å². The van der Waals surface area contributed by atoms with Crippen LogP contribution in [0.3, 0.4) is 0 Å². The van der Waals surface area contributed by atoms with Crippen LogP contribution in [0.4, 0.5) is 4.39 Å². The minimum atomic E-state index is -1.36. The number of nitrogens with one attached hydrogen (secondary N) is 1. The molecule has 0 aromatic heterocycles. The molecule has 4 heteroatoms. The summed E-state index contributed by atoms with van der Waals surface area (Å²) >= 11 is 0. The summed E-state index contributed by atoms with van der Waals surface area (Å²) in [5.41, 5.74) is 0. The number of hydrogen-bond acceptors (Lipinski definition) is 2. The Balaban J connectivity index is 0. The van der Waals surface area contributed by atoms with Crippen LogP contribution < -0.4 is 5.32 Å². The monoisotopic (exact) mass is 157 g/mol. The van der Waals surface area contributed by atoms with Crippen LogP contribution in [-0.2, 0) is 0 Å². The highest BCUT2D eigenvalue weighted by Crippen LogP contribution is 2.00. The minimum Gasteiger partial charge on any atom is -0.395 e. The lowest BCUT2D eigenvalue weighted by molar-refractivity contribution is 0.149. The van der Waals surface area contributed by atoms with Crippen LogP contribution in [0, 0.1) is 0 Å². The standard InChI is InChI=1S/C5H12FNO.ClH/c1-5(2,6)7-3-4-8;/h7-8H,3-4H2,1-2H3;1H. The summed E-state index contributed by atoms with van der Waals surface area (Å²) < 4.78 is 12.4. The van der Waals surface area contributed by atoms with Crippen LogP contribution in [0.25, 0.3) is 0 Å². The van der Waals surface area contributed by atoms with Crippen molar-refractivity contribution in [3.05, 3.63) is 0 Å². The summed E-state index contributed by atoms with van der Waals surface area (Å²) in [5.74, 6) is -1.36. The molecule has 0 aliphatic carbocycles. The molecule has 2 nitrogen and oxygen atoms in total. The van der Waals surface area contributed by atoms with Crippen molar-refractivity contribution >= 4 is 12.4 Å². The number of aliphatic hydroxyl groups excluding tert-OH is 1. The van der Waals surface area contributed by atoms with Gasteiger partial charge < -0.3 is 5.11 Å². The fourth-order valence-corrected chi connectivity index (χ4v) is 0.353. The molecule has 0 aliphatic heterocycles. The zero-order valence-corrected chi connectivity index (χ0v) is 6.46. The van der Waals surface area contributed by atoms with Crippen molar-refractivity contribution in [1.29, 1.82) is 0 Å². The van der Waals surface area contributed by atoms with Crippen molar-refractivity contribution in [1.82, 2.24) is 5.32 Å². The maximum Gasteiger partial charge on any atom is 0.156 e. The Morgan fingerprint density at radius 2 is 2.00 bits per heavy atom. The molecule has 0 saturated carbocycles. The van der Waals surface area contributed by atoms with Crippen molar-refractivity contribution in [2.45, 2.75) is 19.6 Å². The Kier molecular flexibility index (Phi) is 6.56. The minimum absolute atomic E-state index is 0. The average molecular weight is 158 g/mol. The van der Waals surface area contributed by atoms with Crippen molar-refractivity contribution in [3.8, 4) is 0 Å². The van der Waals surface area contributed by atoms with E-state index in [0.717, 1.165) is 0 Å². The summed E-state index contributed by atoms with van der Waals surface area (Å²) in [4.78, 5) is 0. The second-order valence-electron chi connectivity index (χ2n) is 2.12. The van der Waals surface area contributed by atoms with Gasteiger partial charge in [0.15, 0.2) is 5.79 Å². The van der Waals surface area contributed by atoms with Crippen LogP contribution in [0.2, 0.25) is 0 Å². The molecule has 9 heavy (non-hydrogen) atoms. The van der Waals surface area contributed by atoms with Crippen LogP contribution >= 0.6 is 12.4 Å². The third-order valence-corrected chi connectivity index (χ3v) is 0.657. The Labute approximate surface area is 60.9 Å². The first kappa shape index (κ1) is 11.9. The van der Waals surface area contributed by atoms with Gasteiger partial charge in [-0.15, -0.1) is 12.4 Å². The first-order valence-electron chi connectivity index (χ1n) is 2.61. The van der Waals surface area contributed by atoms with Gasteiger partial charge in [0.2, 0.25) is 0 Å². The molecular weight excluding hydrogens is 145 g/mol. The number of hydrogen-bond donors (Lipinski definition) is 2. The highest BCUT2D eigenvalue weighted by atomic mass is 35.5. The van der Waals surface area contributed by atoms with E-state index < -0.39 is 5.79 Å². The molecule has 0 unspecified atom stereocenters.